The molecule has 3 atom stereocenters. The van der Waals surface area contributed by atoms with Gasteiger partial charge in [0.15, 0.2) is 0 Å². The minimum atomic E-state index is 0.00653. The summed E-state index contributed by atoms with van der Waals surface area (Å²) in [7, 11) is 3.49. The van der Waals surface area contributed by atoms with Crippen LogP contribution in [-0.4, -0.2) is 74.0 Å². The van der Waals surface area contributed by atoms with Crippen LogP contribution in [0.1, 0.15) is 23.4 Å². The number of fused-ring (bicyclic) bond motifs is 1. The third-order valence-electron chi connectivity index (χ3n) is 5.43. The van der Waals surface area contributed by atoms with Crippen LogP contribution >= 0.6 is 0 Å². The number of carbonyl (C=O) groups excluding carboxylic acids is 1. The summed E-state index contributed by atoms with van der Waals surface area (Å²) >= 11 is 0. The van der Waals surface area contributed by atoms with Gasteiger partial charge in [-0.1, -0.05) is 5.16 Å². The third-order valence-corrected chi connectivity index (χ3v) is 5.43. The molecule has 2 aliphatic rings. The first-order chi connectivity index (χ1) is 12.0. The van der Waals surface area contributed by atoms with E-state index in [0.29, 0.717) is 24.5 Å². The van der Waals surface area contributed by atoms with E-state index in [0.717, 1.165) is 44.1 Å². The van der Waals surface area contributed by atoms with Gasteiger partial charge >= 0.3 is 0 Å². The highest BCUT2D eigenvalue weighted by atomic mass is 16.5. The van der Waals surface area contributed by atoms with Crippen LogP contribution in [0.4, 0.5) is 0 Å². The number of hydrogen-bond donors (Lipinski definition) is 0. The maximum absolute atomic E-state index is 11.5. The van der Waals surface area contributed by atoms with Gasteiger partial charge < -0.3 is 18.9 Å². The second kappa shape index (κ2) is 7.85. The van der Waals surface area contributed by atoms with E-state index in [1.54, 1.807) is 19.0 Å². The Hall–Kier alpha value is -1.44. The number of ether oxygens (including phenoxy) is 2. The van der Waals surface area contributed by atoms with Gasteiger partial charge in [0, 0.05) is 51.8 Å². The maximum Gasteiger partial charge on any atom is 0.248 e. The number of likely N-dealkylation sites (N-methyl/N-ethyl adjacent to an activating group) is 1. The lowest BCUT2D eigenvalue weighted by molar-refractivity contribution is -0.133. The molecule has 1 aromatic heterocycles. The SMILES string of the molecule is Cc1noc(C)c1CN1C[C@@H]2[C@H](CCOCC(=O)N(C)C)CO[C@@H]2C1. The second-order valence-corrected chi connectivity index (χ2v) is 7.42. The van der Waals surface area contributed by atoms with Crippen LogP contribution < -0.4 is 0 Å². The number of amides is 1. The maximum atomic E-state index is 11.5. The molecular formula is C18H29N3O4. The summed E-state index contributed by atoms with van der Waals surface area (Å²) in [6.07, 6.45) is 1.26. The van der Waals surface area contributed by atoms with Crippen LogP contribution in [-0.2, 0) is 20.8 Å². The molecule has 0 aliphatic carbocycles. The van der Waals surface area contributed by atoms with Crippen molar-refractivity contribution in [3.8, 4) is 0 Å². The Kier molecular flexibility index (Phi) is 5.76. The summed E-state index contributed by atoms with van der Waals surface area (Å²) in [5, 5.41) is 4.04. The minimum absolute atomic E-state index is 0.00653. The predicted octanol–water partition coefficient (Wildman–Crippen LogP) is 1.23. The molecule has 0 unspecified atom stereocenters. The molecule has 1 amide bonds. The average molecular weight is 351 g/mol. The molecule has 0 saturated carbocycles. The molecule has 0 radical (unpaired) electrons. The number of aryl methyl sites for hydroxylation is 2. The van der Waals surface area contributed by atoms with E-state index in [9.17, 15) is 4.79 Å². The molecule has 1 aromatic rings. The highest BCUT2D eigenvalue weighted by molar-refractivity contribution is 5.76. The number of hydrogen-bond acceptors (Lipinski definition) is 6. The van der Waals surface area contributed by atoms with Gasteiger partial charge in [-0.3, -0.25) is 9.69 Å². The van der Waals surface area contributed by atoms with Crippen molar-refractivity contribution in [3.05, 3.63) is 17.0 Å². The van der Waals surface area contributed by atoms with Gasteiger partial charge in [-0.2, -0.15) is 0 Å². The van der Waals surface area contributed by atoms with E-state index in [-0.39, 0.29) is 12.5 Å². The topological polar surface area (TPSA) is 68.0 Å². The monoisotopic (exact) mass is 351 g/mol. The molecule has 0 N–H and O–H groups in total. The van der Waals surface area contributed by atoms with Crippen LogP contribution in [0, 0.1) is 25.7 Å². The smallest absolute Gasteiger partial charge is 0.248 e. The molecular weight excluding hydrogens is 322 g/mol. The molecule has 3 heterocycles. The molecule has 140 valence electrons. The Morgan fingerprint density at radius 1 is 1.36 bits per heavy atom. The molecule has 0 spiro atoms. The summed E-state index contributed by atoms with van der Waals surface area (Å²) in [5.74, 6) is 1.97. The van der Waals surface area contributed by atoms with Crippen LogP contribution in [0.15, 0.2) is 4.52 Å². The Balaban J connectivity index is 1.45. The first-order valence-corrected chi connectivity index (χ1v) is 8.99. The molecule has 2 aliphatic heterocycles. The fourth-order valence-corrected chi connectivity index (χ4v) is 3.78. The van der Waals surface area contributed by atoms with Gasteiger partial charge in [-0.25, -0.2) is 0 Å². The number of aromatic nitrogens is 1. The predicted molar refractivity (Wildman–Crippen MR) is 92.1 cm³/mol. The lowest BCUT2D eigenvalue weighted by Crippen LogP contribution is -2.27. The zero-order valence-corrected chi connectivity index (χ0v) is 15.7. The van der Waals surface area contributed by atoms with E-state index >= 15 is 0 Å². The Bertz CT molecular complexity index is 582. The van der Waals surface area contributed by atoms with E-state index in [1.165, 1.54) is 5.56 Å². The van der Waals surface area contributed by atoms with Crippen LogP contribution in [0.5, 0.6) is 0 Å². The average Bonchev–Trinajstić information content (AvgIpc) is 3.22. The van der Waals surface area contributed by atoms with Crippen molar-refractivity contribution in [1.82, 2.24) is 15.0 Å². The first kappa shape index (κ1) is 18.4. The highest BCUT2D eigenvalue weighted by Gasteiger charge is 2.43. The Labute approximate surface area is 149 Å². The van der Waals surface area contributed by atoms with E-state index in [2.05, 4.69) is 10.1 Å². The van der Waals surface area contributed by atoms with Crippen molar-refractivity contribution < 1.29 is 18.8 Å². The van der Waals surface area contributed by atoms with E-state index in [4.69, 9.17) is 14.0 Å². The zero-order chi connectivity index (χ0) is 18.0. The molecule has 25 heavy (non-hydrogen) atoms. The van der Waals surface area contributed by atoms with Crippen LogP contribution in [0.3, 0.4) is 0 Å². The summed E-state index contributed by atoms with van der Waals surface area (Å²) in [5.41, 5.74) is 2.17. The quantitative estimate of drug-likeness (QED) is 0.689. The third kappa shape index (κ3) is 4.22. The first-order valence-electron chi connectivity index (χ1n) is 8.99. The van der Waals surface area contributed by atoms with Gasteiger partial charge in [0.1, 0.15) is 12.4 Å². The van der Waals surface area contributed by atoms with E-state index in [1.807, 2.05) is 13.8 Å². The van der Waals surface area contributed by atoms with E-state index < -0.39 is 0 Å². The van der Waals surface area contributed by atoms with Crippen molar-refractivity contribution in [2.24, 2.45) is 11.8 Å². The van der Waals surface area contributed by atoms with Gasteiger partial charge in [-0.05, 0) is 26.2 Å². The fraction of sp³-hybridized carbons (Fsp3) is 0.778. The number of nitrogens with zero attached hydrogens (tertiary/aromatic N) is 3. The second-order valence-electron chi connectivity index (χ2n) is 7.42. The van der Waals surface area contributed by atoms with Gasteiger partial charge in [0.25, 0.3) is 0 Å². The molecule has 0 aromatic carbocycles. The van der Waals surface area contributed by atoms with Crippen molar-refractivity contribution in [2.45, 2.75) is 32.9 Å². The molecule has 7 nitrogen and oxygen atoms in total. The molecule has 3 rings (SSSR count). The van der Waals surface area contributed by atoms with Gasteiger partial charge in [0.05, 0.1) is 18.4 Å². The Morgan fingerprint density at radius 2 is 2.16 bits per heavy atom. The molecule has 2 fully saturated rings. The van der Waals surface area contributed by atoms with Crippen molar-refractivity contribution in [2.75, 3.05) is 47.0 Å². The minimum Gasteiger partial charge on any atom is -0.376 e. The lowest BCUT2D eigenvalue weighted by Gasteiger charge is -2.19. The summed E-state index contributed by atoms with van der Waals surface area (Å²) in [6.45, 7) is 8.42. The molecule has 0 bridgehead atoms. The zero-order valence-electron chi connectivity index (χ0n) is 15.7. The number of carbonyl (C=O) groups is 1. The normalized spacial score (nSPS) is 26.2. The van der Waals surface area contributed by atoms with Crippen molar-refractivity contribution in [3.63, 3.8) is 0 Å². The summed E-state index contributed by atoms with van der Waals surface area (Å²) < 4.78 is 16.8. The highest BCUT2D eigenvalue weighted by Crippen LogP contribution is 2.36. The Morgan fingerprint density at radius 3 is 2.84 bits per heavy atom. The molecule has 7 heteroatoms. The van der Waals surface area contributed by atoms with Crippen molar-refractivity contribution in [1.29, 1.82) is 0 Å². The fourth-order valence-electron chi connectivity index (χ4n) is 3.78. The lowest BCUT2D eigenvalue weighted by atomic mass is 9.91. The summed E-state index contributed by atoms with van der Waals surface area (Å²) in [6, 6.07) is 0. The van der Waals surface area contributed by atoms with Crippen LogP contribution in [0.25, 0.3) is 0 Å². The van der Waals surface area contributed by atoms with Gasteiger partial charge in [0.2, 0.25) is 5.91 Å². The number of rotatable bonds is 7. The van der Waals surface area contributed by atoms with Crippen molar-refractivity contribution >= 4 is 5.91 Å². The summed E-state index contributed by atoms with van der Waals surface area (Å²) in [4.78, 5) is 15.5. The molecule has 2 saturated heterocycles. The van der Waals surface area contributed by atoms with Gasteiger partial charge in [-0.15, -0.1) is 0 Å². The number of likely N-dealkylation sites (tertiary alicyclic amines) is 1. The standard InChI is InChI=1S/C18H29N3O4/c1-12-15(13(2)25-19-12)7-21-8-16-14(10-24-17(16)9-21)5-6-23-11-18(22)20(3)4/h14,16-17H,5-11H2,1-4H3/t14-,16-,17-/m1/s1. The van der Waals surface area contributed by atoms with Crippen LogP contribution in [0.2, 0.25) is 0 Å². The largest absolute Gasteiger partial charge is 0.376 e.